The van der Waals surface area contributed by atoms with Crippen molar-refractivity contribution in [3.8, 4) is 5.75 Å². The number of aliphatic hydroxyl groups excluding tert-OH is 1. The summed E-state index contributed by atoms with van der Waals surface area (Å²) < 4.78 is 19.2. The van der Waals surface area contributed by atoms with Crippen LogP contribution in [0, 0.1) is 17.7 Å². The molecule has 0 bridgehead atoms. The largest absolute Gasteiger partial charge is 0.494 e. The van der Waals surface area contributed by atoms with E-state index in [0.717, 1.165) is 18.4 Å². The predicted molar refractivity (Wildman–Crippen MR) is 105 cm³/mol. The van der Waals surface area contributed by atoms with Crippen molar-refractivity contribution >= 4 is 5.91 Å². The van der Waals surface area contributed by atoms with Crippen LogP contribution in [0.2, 0.25) is 0 Å². The highest BCUT2D eigenvalue weighted by molar-refractivity contribution is 5.77. The van der Waals surface area contributed by atoms with Crippen LogP contribution in [-0.2, 0) is 17.6 Å². The third-order valence-corrected chi connectivity index (χ3v) is 6.08. The van der Waals surface area contributed by atoms with Crippen molar-refractivity contribution in [3.63, 3.8) is 0 Å². The molecule has 4 nitrogen and oxygen atoms in total. The lowest BCUT2D eigenvalue weighted by Crippen LogP contribution is -2.41. The summed E-state index contributed by atoms with van der Waals surface area (Å²) in [4.78, 5) is 12.8. The van der Waals surface area contributed by atoms with Gasteiger partial charge in [0.1, 0.15) is 0 Å². The van der Waals surface area contributed by atoms with Gasteiger partial charge >= 0.3 is 0 Å². The minimum absolute atomic E-state index is 0.0135. The molecule has 1 amide bonds. The summed E-state index contributed by atoms with van der Waals surface area (Å²) in [6, 6.07) is 12.9. The van der Waals surface area contributed by atoms with Gasteiger partial charge in [-0.1, -0.05) is 30.3 Å². The monoisotopic (exact) mass is 383 g/mol. The summed E-state index contributed by atoms with van der Waals surface area (Å²) in [5.74, 6) is 0.155. The highest BCUT2D eigenvalue weighted by atomic mass is 19.1. The molecular weight excluding hydrogens is 357 g/mol. The van der Waals surface area contributed by atoms with E-state index in [2.05, 4.69) is 17.4 Å². The second-order valence-corrected chi connectivity index (χ2v) is 8.07. The highest BCUT2D eigenvalue weighted by Gasteiger charge is 2.36. The zero-order chi connectivity index (χ0) is 19.7. The number of carbonyl (C=O) groups excluding carboxylic acids is 1. The van der Waals surface area contributed by atoms with Gasteiger partial charge in [0, 0.05) is 6.42 Å². The lowest BCUT2D eigenvalue weighted by atomic mass is 9.75. The Morgan fingerprint density at radius 1 is 1.21 bits per heavy atom. The summed E-state index contributed by atoms with van der Waals surface area (Å²) >= 11 is 0. The Kier molecular flexibility index (Phi) is 5.36. The Bertz CT molecular complexity index is 838. The average molecular weight is 383 g/mol. The first-order valence-electron chi connectivity index (χ1n) is 9.91. The fraction of sp³-hybridized carbons (Fsp3) is 0.435. The number of nitrogens with one attached hydrogen (secondary N) is 1. The van der Waals surface area contributed by atoms with Gasteiger partial charge in [0.05, 0.1) is 19.3 Å². The molecular formula is C23H26FNO3. The minimum Gasteiger partial charge on any atom is -0.494 e. The molecule has 5 heteroatoms. The maximum Gasteiger partial charge on any atom is 0.220 e. The molecule has 0 aliphatic heterocycles. The number of ether oxygens (including phenoxy) is 1. The maximum absolute atomic E-state index is 14.2. The van der Waals surface area contributed by atoms with Crippen LogP contribution in [0.4, 0.5) is 4.39 Å². The highest BCUT2D eigenvalue weighted by Crippen LogP contribution is 2.39. The van der Waals surface area contributed by atoms with Crippen molar-refractivity contribution in [2.24, 2.45) is 11.8 Å². The standard InChI is InChI=1S/C23H26FNO3/c1-28-21-7-6-17(13-20(21)24)23(18-11-19(26)12-18)25-22(27)10-14-8-15-4-2-3-5-16(15)9-14/h2-7,13-14,18-19,23,26H,8-12H2,1H3,(H,25,27)/t18?,19?,23-/m1/s1. The first-order valence-corrected chi connectivity index (χ1v) is 9.91. The van der Waals surface area contributed by atoms with Crippen molar-refractivity contribution in [1.82, 2.24) is 5.32 Å². The van der Waals surface area contributed by atoms with Gasteiger partial charge in [-0.25, -0.2) is 4.39 Å². The number of hydrogen-bond donors (Lipinski definition) is 2. The Morgan fingerprint density at radius 2 is 1.89 bits per heavy atom. The SMILES string of the molecule is COc1ccc([C@@H](NC(=O)CC2Cc3ccccc3C2)C2CC(O)C2)cc1F. The van der Waals surface area contributed by atoms with E-state index >= 15 is 0 Å². The van der Waals surface area contributed by atoms with Gasteiger partial charge in [-0.2, -0.15) is 0 Å². The Hall–Kier alpha value is -2.40. The zero-order valence-electron chi connectivity index (χ0n) is 16.0. The summed E-state index contributed by atoms with van der Waals surface area (Å²) in [7, 11) is 1.43. The number of hydrogen-bond acceptors (Lipinski definition) is 3. The molecule has 1 fully saturated rings. The number of carbonyl (C=O) groups is 1. The molecule has 4 rings (SSSR count). The molecule has 0 radical (unpaired) electrons. The summed E-state index contributed by atoms with van der Waals surface area (Å²) in [5.41, 5.74) is 3.38. The van der Waals surface area contributed by atoms with Crippen LogP contribution in [0.3, 0.4) is 0 Å². The van der Waals surface area contributed by atoms with Crippen LogP contribution < -0.4 is 10.1 Å². The number of methoxy groups -OCH3 is 1. The van der Waals surface area contributed by atoms with Crippen molar-refractivity contribution in [2.75, 3.05) is 7.11 Å². The predicted octanol–water partition coefficient (Wildman–Crippen LogP) is 3.57. The molecule has 0 saturated heterocycles. The van der Waals surface area contributed by atoms with Crippen molar-refractivity contribution in [2.45, 2.75) is 44.2 Å². The van der Waals surface area contributed by atoms with E-state index in [9.17, 15) is 14.3 Å². The molecule has 1 saturated carbocycles. The second-order valence-electron chi connectivity index (χ2n) is 8.07. The van der Waals surface area contributed by atoms with E-state index in [4.69, 9.17) is 4.74 Å². The quantitative estimate of drug-likeness (QED) is 0.802. The van der Waals surface area contributed by atoms with Crippen LogP contribution >= 0.6 is 0 Å². The molecule has 2 aliphatic carbocycles. The van der Waals surface area contributed by atoms with Gasteiger partial charge in [0.15, 0.2) is 11.6 Å². The maximum atomic E-state index is 14.2. The summed E-state index contributed by atoms with van der Waals surface area (Å²) in [6.45, 7) is 0. The first kappa shape index (κ1) is 18.9. The lowest BCUT2D eigenvalue weighted by molar-refractivity contribution is -0.123. The molecule has 2 N–H and O–H groups in total. The van der Waals surface area contributed by atoms with Crippen LogP contribution in [0.1, 0.15) is 42.0 Å². The lowest BCUT2D eigenvalue weighted by Gasteiger charge is -2.38. The normalized spacial score (nSPS) is 22.2. The van der Waals surface area contributed by atoms with E-state index in [1.165, 1.54) is 24.3 Å². The Balaban J connectivity index is 1.44. The van der Waals surface area contributed by atoms with Crippen molar-refractivity contribution < 1.29 is 19.0 Å². The Labute approximate surface area is 164 Å². The van der Waals surface area contributed by atoms with Crippen molar-refractivity contribution in [1.29, 1.82) is 0 Å². The van der Waals surface area contributed by atoms with Gasteiger partial charge in [0.2, 0.25) is 5.91 Å². The third kappa shape index (κ3) is 3.90. The number of aliphatic hydroxyl groups is 1. The molecule has 1 atom stereocenters. The summed E-state index contributed by atoms with van der Waals surface area (Å²) in [6.07, 6.45) is 3.21. The van der Waals surface area contributed by atoms with Gasteiger partial charge in [0.25, 0.3) is 0 Å². The van der Waals surface area contributed by atoms with Crippen molar-refractivity contribution in [3.05, 3.63) is 65.0 Å². The van der Waals surface area contributed by atoms with Crippen LogP contribution in [-0.4, -0.2) is 24.2 Å². The molecule has 0 heterocycles. The van der Waals surface area contributed by atoms with E-state index in [0.29, 0.717) is 25.2 Å². The molecule has 148 valence electrons. The third-order valence-electron chi connectivity index (χ3n) is 6.08. The fourth-order valence-electron chi connectivity index (χ4n) is 4.54. The van der Waals surface area contributed by atoms with E-state index in [-0.39, 0.29) is 29.7 Å². The van der Waals surface area contributed by atoms with E-state index in [1.807, 2.05) is 12.1 Å². The molecule has 0 unspecified atom stereocenters. The molecule has 0 spiro atoms. The number of halogens is 1. The van der Waals surface area contributed by atoms with Crippen LogP contribution in [0.15, 0.2) is 42.5 Å². The number of rotatable bonds is 6. The molecule has 2 aliphatic rings. The molecule has 28 heavy (non-hydrogen) atoms. The van der Waals surface area contributed by atoms with Gasteiger partial charge < -0.3 is 15.2 Å². The molecule has 2 aromatic rings. The first-order chi connectivity index (χ1) is 13.5. The van der Waals surface area contributed by atoms with E-state index in [1.54, 1.807) is 12.1 Å². The van der Waals surface area contributed by atoms with E-state index < -0.39 is 5.82 Å². The zero-order valence-corrected chi connectivity index (χ0v) is 16.0. The number of amides is 1. The van der Waals surface area contributed by atoms with Crippen LogP contribution in [0.25, 0.3) is 0 Å². The molecule has 0 aromatic heterocycles. The number of fused-ring (bicyclic) bond motifs is 1. The van der Waals surface area contributed by atoms with Gasteiger partial charge in [-0.15, -0.1) is 0 Å². The number of benzene rings is 2. The average Bonchev–Trinajstić information content (AvgIpc) is 3.06. The topological polar surface area (TPSA) is 58.6 Å². The fourth-order valence-corrected chi connectivity index (χ4v) is 4.54. The molecule has 2 aromatic carbocycles. The van der Waals surface area contributed by atoms with Crippen LogP contribution in [0.5, 0.6) is 5.75 Å². The van der Waals surface area contributed by atoms with Gasteiger partial charge in [-0.3, -0.25) is 4.79 Å². The van der Waals surface area contributed by atoms with Gasteiger partial charge in [-0.05, 0) is 66.3 Å². The second kappa shape index (κ2) is 7.92. The Morgan fingerprint density at radius 3 is 2.46 bits per heavy atom. The smallest absolute Gasteiger partial charge is 0.220 e. The summed E-state index contributed by atoms with van der Waals surface area (Å²) in [5, 5.41) is 12.8. The minimum atomic E-state index is -0.439.